The monoisotopic (exact) mass is 240 g/mol. The van der Waals surface area contributed by atoms with E-state index >= 15 is 0 Å². The van der Waals surface area contributed by atoms with Crippen molar-refractivity contribution in [2.75, 3.05) is 0 Å². The molecule has 0 bridgehead atoms. The van der Waals surface area contributed by atoms with Gasteiger partial charge in [-0.1, -0.05) is 48.3 Å². The second-order valence-electron chi connectivity index (χ2n) is 3.45. The van der Waals surface area contributed by atoms with Crippen LogP contribution in [0.2, 0.25) is 0 Å². The zero-order valence-electron chi connectivity index (χ0n) is 8.39. The van der Waals surface area contributed by atoms with Crippen molar-refractivity contribution < 1.29 is 0 Å². The van der Waals surface area contributed by atoms with Gasteiger partial charge in [-0.2, -0.15) is 0 Å². The van der Waals surface area contributed by atoms with E-state index in [1.54, 1.807) is 0 Å². The Morgan fingerprint density at radius 1 is 1.15 bits per heavy atom. The summed E-state index contributed by atoms with van der Waals surface area (Å²) in [6.45, 7) is 4.52. The summed E-state index contributed by atoms with van der Waals surface area (Å²) >= 11 is 3.46. The van der Waals surface area contributed by atoms with Crippen LogP contribution in [0.25, 0.3) is 0 Å². The van der Waals surface area contributed by atoms with Gasteiger partial charge >= 0.3 is 0 Å². The van der Waals surface area contributed by atoms with Gasteiger partial charge in [-0.05, 0) is 36.5 Å². The summed E-state index contributed by atoms with van der Waals surface area (Å²) in [5.74, 6) is 0.748. The molecule has 0 radical (unpaired) electrons. The Hall–Kier alpha value is -0.300. The Morgan fingerprint density at radius 2 is 1.77 bits per heavy atom. The third-order valence-electron chi connectivity index (χ3n) is 2.47. The number of hydrogen-bond acceptors (Lipinski definition) is 0. The SMILES string of the molecule is CCCC(CC)c1ccc(Br)cc1. The van der Waals surface area contributed by atoms with E-state index in [2.05, 4.69) is 54.0 Å². The Balaban J connectivity index is 2.73. The summed E-state index contributed by atoms with van der Waals surface area (Å²) in [6.07, 6.45) is 3.82. The van der Waals surface area contributed by atoms with E-state index in [9.17, 15) is 0 Å². The fourth-order valence-corrected chi connectivity index (χ4v) is 1.95. The molecule has 0 aromatic heterocycles. The second kappa shape index (κ2) is 5.43. The van der Waals surface area contributed by atoms with Crippen LogP contribution < -0.4 is 0 Å². The minimum atomic E-state index is 0.748. The van der Waals surface area contributed by atoms with Crippen molar-refractivity contribution in [2.45, 2.75) is 39.0 Å². The van der Waals surface area contributed by atoms with Crippen LogP contribution in [0.15, 0.2) is 28.7 Å². The van der Waals surface area contributed by atoms with Crippen molar-refractivity contribution in [2.24, 2.45) is 0 Å². The predicted octanol–water partition coefficient (Wildman–Crippen LogP) is 4.74. The summed E-state index contributed by atoms with van der Waals surface area (Å²) in [4.78, 5) is 0. The topological polar surface area (TPSA) is 0 Å². The Morgan fingerprint density at radius 3 is 2.23 bits per heavy atom. The molecule has 1 unspecified atom stereocenters. The molecule has 1 aromatic rings. The molecule has 0 fully saturated rings. The minimum absolute atomic E-state index is 0.748. The van der Waals surface area contributed by atoms with Crippen LogP contribution in [0.1, 0.15) is 44.6 Å². The van der Waals surface area contributed by atoms with Crippen LogP contribution in [0.4, 0.5) is 0 Å². The van der Waals surface area contributed by atoms with E-state index in [0.29, 0.717) is 0 Å². The maximum absolute atomic E-state index is 3.46. The number of hydrogen-bond donors (Lipinski definition) is 0. The molecule has 0 aliphatic carbocycles. The first-order chi connectivity index (χ1) is 6.27. The van der Waals surface area contributed by atoms with Crippen LogP contribution in [0.3, 0.4) is 0 Å². The standard InChI is InChI=1S/C12H17Br/c1-3-5-10(4-2)11-6-8-12(13)9-7-11/h6-10H,3-5H2,1-2H3. The molecule has 0 nitrogen and oxygen atoms in total. The van der Waals surface area contributed by atoms with E-state index in [-0.39, 0.29) is 0 Å². The zero-order chi connectivity index (χ0) is 9.68. The highest BCUT2D eigenvalue weighted by Gasteiger charge is 2.06. The summed E-state index contributed by atoms with van der Waals surface area (Å²) in [5.41, 5.74) is 1.48. The minimum Gasteiger partial charge on any atom is -0.0654 e. The fraction of sp³-hybridized carbons (Fsp3) is 0.500. The number of rotatable bonds is 4. The van der Waals surface area contributed by atoms with Gasteiger partial charge in [0.05, 0.1) is 0 Å². The molecule has 0 aliphatic heterocycles. The van der Waals surface area contributed by atoms with Gasteiger partial charge in [0.15, 0.2) is 0 Å². The van der Waals surface area contributed by atoms with E-state index < -0.39 is 0 Å². The van der Waals surface area contributed by atoms with Gasteiger partial charge in [-0.25, -0.2) is 0 Å². The zero-order valence-corrected chi connectivity index (χ0v) is 9.97. The molecule has 1 rings (SSSR count). The van der Waals surface area contributed by atoms with Crippen molar-refractivity contribution in [1.29, 1.82) is 0 Å². The first kappa shape index (κ1) is 10.8. The highest BCUT2D eigenvalue weighted by atomic mass is 79.9. The van der Waals surface area contributed by atoms with Crippen molar-refractivity contribution in [3.05, 3.63) is 34.3 Å². The summed E-state index contributed by atoms with van der Waals surface area (Å²) < 4.78 is 1.17. The molecular weight excluding hydrogens is 224 g/mol. The van der Waals surface area contributed by atoms with Gasteiger partial charge in [-0.3, -0.25) is 0 Å². The average Bonchev–Trinajstić information content (AvgIpc) is 2.16. The molecular formula is C12H17Br. The molecule has 13 heavy (non-hydrogen) atoms. The molecule has 0 heterocycles. The van der Waals surface area contributed by atoms with Crippen LogP contribution in [0, 0.1) is 0 Å². The third-order valence-corrected chi connectivity index (χ3v) is 3.00. The maximum atomic E-state index is 3.46. The molecule has 0 aliphatic rings. The fourth-order valence-electron chi connectivity index (χ4n) is 1.69. The van der Waals surface area contributed by atoms with Crippen LogP contribution in [-0.2, 0) is 0 Å². The number of halogens is 1. The van der Waals surface area contributed by atoms with Gasteiger partial charge in [0.2, 0.25) is 0 Å². The van der Waals surface area contributed by atoms with Crippen LogP contribution in [0.5, 0.6) is 0 Å². The summed E-state index contributed by atoms with van der Waals surface area (Å²) in [5, 5.41) is 0. The van der Waals surface area contributed by atoms with Gasteiger partial charge in [-0.15, -0.1) is 0 Å². The third kappa shape index (κ3) is 3.15. The van der Waals surface area contributed by atoms with Gasteiger partial charge in [0, 0.05) is 4.47 Å². The van der Waals surface area contributed by atoms with Crippen LogP contribution >= 0.6 is 15.9 Å². The first-order valence-corrected chi connectivity index (χ1v) is 5.82. The maximum Gasteiger partial charge on any atom is 0.0175 e. The van der Waals surface area contributed by atoms with Crippen molar-refractivity contribution in [3.63, 3.8) is 0 Å². The molecule has 0 spiro atoms. The quantitative estimate of drug-likeness (QED) is 0.714. The van der Waals surface area contributed by atoms with Crippen LogP contribution in [-0.4, -0.2) is 0 Å². The molecule has 1 aromatic carbocycles. The molecule has 0 saturated heterocycles. The normalized spacial score (nSPS) is 12.8. The first-order valence-electron chi connectivity index (χ1n) is 5.03. The largest absolute Gasteiger partial charge is 0.0654 e. The lowest BCUT2D eigenvalue weighted by Crippen LogP contribution is -1.95. The Kier molecular flexibility index (Phi) is 4.51. The van der Waals surface area contributed by atoms with E-state index in [4.69, 9.17) is 0 Å². The lowest BCUT2D eigenvalue weighted by Gasteiger charge is -2.13. The van der Waals surface area contributed by atoms with E-state index in [0.717, 1.165) is 5.92 Å². The molecule has 0 amide bonds. The second-order valence-corrected chi connectivity index (χ2v) is 4.36. The van der Waals surface area contributed by atoms with Gasteiger partial charge in [0.1, 0.15) is 0 Å². The van der Waals surface area contributed by atoms with E-state index in [1.807, 2.05) is 0 Å². The Bertz CT molecular complexity index is 238. The molecule has 1 atom stereocenters. The predicted molar refractivity (Wildman–Crippen MR) is 62.1 cm³/mol. The van der Waals surface area contributed by atoms with Gasteiger partial charge in [0.25, 0.3) is 0 Å². The summed E-state index contributed by atoms with van der Waals surface area (Å²) in [6, 6.07) is 8.73. The molecule has 0 N–H and O–H groups in total. The highest BCUT2D eigenvalue weighted by Crippen LogP contribution is 2.25. The van der Waals surface area contributed by atoms with Crippen molar-refractivity contribution in [1.82, 2.24) is 0 Å². The number of benzene rings is 1. The van der Waals surface area contributed by atoms with E-state index in [1.165, 1.54) is 29.3 Å². The molecule has 0 saturated carbocycles. The molecule has 72 valence electrons. The van der Waals surface area contributed by atoms with Crippen molar-refractivity contribution in [3.8, 4) is 0 Å². The lowest BCUT2D eigenvalue weighted by molar-refractivity contribution is 0.596. The highest BCUT2D eigenvalue weighted by molar-refractivity contribution is 9.10. The van der Waals surface area contributed by atoms with Gasteiger partial charge < -0.3 is 0 Å². The lowest BCUT2D eigenvalue weighted by atomic mass is 9.92. The Labute approximate surface area is 89.5 Å². The molecule has 1 heteroatoms. The average molecular weight is 241 g/mol. The van der Waals surface area contributed by atoms with Crippen molar-refractivity contribution >= 4 is 15.9 Å². The smallest absolute Gasteiger partial charge is 0.0175 e. The summed E-state index contributed by atoms with van der Waals surface area (Å²) in [7, 11) is 0.